The summed E-state index contributed by atoms with van der Waals surface area (Å²) >= 11 is 0. The fourth-order valence-corrected chi connectivity index (χ4v) is 1.79. The Kier molecular flexibility index (Phi) is 6.60. The predicted octanol–water partition coefficient (Wildman–Crippen LogP) is 0.813. The zero-order valence-electron chi connectivity index (χ0n) is 8.91. The molecule has 0 unspecified atom stereocenters. The van der Waals surface area contributed by atoms with Crippen LogP contribution >= 0.6 is 0 Å². The highest BCUT2D eigenvalue weighted by molar-refractivity contribution is 7.92. The average molecular weight is 217 g/mol. The third-order valence-corrected chi connectivity index (χ3v) is 4.17. The monoisotopic (exact) mass is 217 g/mol. The molecular weight excluding hydrogens is 198 g/mol. The molecule has 0 aliphatic heterocycles. The normalized spacial score (nSPS) is 11.6. The van der Waals surface area contributed by atoms with Crippen LogP contribution in [-0.4, -0.2) is 32.5 Å². The van der Waals surface area contributed by atoms with Crippen LogP contribution in [0.15, 0.2) is 0 Å². The van der Waals surface area contributed by atoms with E-state index >= 15 is 0 Å². The highest BCUT2D eigenvalue weighted by Gasteiger charge is 2.14. The minimum Gasteiger partial charge on any atom is -0.316 e. The molecular formula is C10H19NO2S. The van der Waals surface area contributed by atoms with E-state index in [1.165, 1.54) is 0 Å². The van der Waals surface area contributed by atoms with Crippen molar-refractivity contribution in [1.82, 2.24) is 5.32 Å². The molecule has 0 spiro atoms. The molecule has 1 N–H and O–H groups in total. The lowest BCUT2D eigenvalue weighted by Gasteiger charge is -2.07. The first kappa shape index (κ1) is 13.5. The fraction of sp³-hybridized carbons (Fsp3) is 0.800. The molecule has 0 radical (unpaired) electrons. The number of hydrogen-bond donors (Lipinski definition) is 1. The number of sulfone groups is 1. The fourth-order valence-electron chi connectivity index (χ4n) is 0.891. The largest absolute Gasteiger partial charge is 0.316 e. The SMILES string of the molecule is C#CCCCNCCS(=O)(=O)C(C)C. The number of rotatable bonds is 7. The Balaban J connectivity index is 3.51. The second-order valence-electron chi connectivity index (χ2n) is 3.47. The lowest BCUT2D eigenvalue weighted by atomic mass is 10.3. The third-order valence-electron chi connectivity index (χ3n) is 1.96. The zero-order valence-corrected chi connectivity index (χ0v) is 9.73. The first-order chi connectivity index (χ1) is 6.50. The van der Waals surface area contributed by atoms with E-state index in [0.29, 0.717) is 6.54 Å². The van der Waals surface area contributed by atoms with E-state index < -0.39 is 9.84 Å². The lowest BCUT2D eigenvalue weighted by Crippen LogP contribution is -2.27. The molecule has 0 rings (SSSR count). The van der Waals surface area contributed by atoms with Crippen molar-refractivity contribution in [3.8, 4) is 12.3 Å². The summed E-state index contributed by atoms with van der Waals surface area (Å²) in [6.45, 7) is 4.71. The minimum atomic E-state index is -2.89. The Morgan fingerprint density at radius 3 is 2.50 bits per heavy atom. The van der Waals surface area contributed by atoms with Gasteiger partial charge in [-0.1, -0.05) is 0 Å². The molecule has 0 heterocycles. The van der Waals surface area contributed by atoms with Gasteiger partial charge < -0.3 is 5.32 Å². The molecule has 0 saturated carbocycles. The molecule has 0 aliphatic carbocycles. The minimum absolute atomic E-state index is 0.209. The first-order valence-corrected chi connectivity index (χ1v) is 6.58. The summed E-state index contributed by atoms with van der Waals surface area (Å²) in [6, 6.07) is 0. The summed E-state index contributed by atoms with van der Waals surface area (Å²) in [6.07, 6.45) is 6.72. The molecule has 0 fully saturated rings. The summed E-state index contributed by atoms with van der Waals surface area (Å²) in [5.74, 6) is 2.74. The number of unbranched alkanes of at least 4 members (excludes halogenated alkanes) is 1. The van der Waals surface area contributed by atoms with E-state index in [9.17, 15) is 8.42 Å². The molecule has 0 aromatic rings. The predicted molar refractivity (Wildman–Crippen MR) is 59.9 cm³/mol. The van der Waals surface area contributed by atoms with E-state index in [2.05, 4.69) is 11.2 Å². The van der Waals surface area contributed by atoms with Crippen molar-refractivity contribution in [3.05, 3.63) is 0 Å². The number of hydrogen-bond acceptors (Lipinski definition) is 3. The summed E-state index contributed by atoms with van der Waals surface area (Å²) in [5, 5.41) is 2.77. The van der Waals surface area contributed by atoms with Crippen LogP contribution in [0.3, 0.4) is 0 Å². The molecule has 0 aliphatic rings. The van der Waals surface area contributed by atoms with Crippen molar-refractivity contribution in [2.24, 2.45) is 0 Å². The summed E-state index contributed by atoms with van der Waals surface area (Å²) < 4.78 is 22.7. The Morgan fingerprint density at radius 1 is 1.36 bits per heavy atom. The second-order valence-corrected chi connectivity index (χ2v) is 6.15. The molecule has 0 amide bonds. The van der Waals surface area contributed by atoms with Gasteiger partial charge in [0.05, 0.1) is 11.0 Å². The standard InChI is InChI=1S/C10H19NO2S/c1-4-5-6-7-11-8-9-14(12,13)10(2)3/h1,10-11H,5-9H2,2-3H3. The van der Waals surface area contributed by atoms with Crippen LogP contribution in [-0.2, 0) is 9.84 Å². The highest BCUT2D eigenvalue weighted by atomic mass is 32.2. The van der Waals surface area contributed by atoms with Crippen molar-refractivity contribution in [2.45, 2.75) is 31.9 Å². The maximum absolute atomic E-state index is 11.3. The van der Waals surface area contributed by atoms with Gasteiger partial charge in [0, 0.05) is 13.0 Å². The number of nitrogens with one attached hydrogen (secondary N) is 1. The van der Waals surface area contributed by atoms with E-state index in [4.69, 9.17) is 6.42 Å². The van der Waals surface area contributed by atoms with Crippen molar-refractivity contribution >= 4 is 9.84 Å². The van der Waals surface area contributed by atoms with Crippen LogP contribution < -0.4 is 5.32 Å². The smallest absolute Gasteiger partial charge is 0.153 e. The topological polar surface area (TPSA) is 46.2 Å². The summed E-state index contributed by atoms with van der Waals surface area (Å²) in [7, 11) is -2.89. The summed E-state index contributed by atoms with van der Waals surface area (Å²) in [4.78, 5) is 0. The third kappa shape index (κ3) is 6.01. The maximum Gasteiger partial charge on any atom is 0.153 e. The van der Waals surface area contributed by atoms with Crippen LogP contribution in [0.25, 0.3) is 0 Å². The van der Waals surface area contributed by atoms with Gasteiger partial charge in [0.15, 0.2) is 9.84 Å². The quantitative estimate of drug-likeness (QED) is 0.507. The van der Waals surface area contributed by atoms with Crippen molar-refractivity contribution in [3.63, 3.8) is 0 Å². The van der Waals surface area contributed by atoms with Crippen LogP contribution in [0.1, 0.15) is 26.7 Å². The Bertz CT molecular complexity index is 275. The van der Waals surface area contributed by atoms with Crippen molar-refractivity contribution in [1.29, 1.82) is 0 Å². The van der Waals surface area contributed by atoms with Gasteiger partial charge in [0.25, 0.3) is 0 Å². The Morgan fingerprint density at radius 2 is 2.00 bits per heavy atom. The van der Waals surface area contributed by atoms with E-state index in [1.807, 2.05) is 0 Å². The second kappa shape index (κ2) is 6.86. The Hall–Kier alpha value is -0.530. The molecule has 0 aromatic carbocycles. The molecule has 3 nitrogen and oxygen atoms in total. The van der Waals surface area contributed by atoms with Gasteiger partial charge in [0.1, 0.15) is 0 Å². The van der Waals surface area contributed by atoms with Crippen LogP contribution in [0, 0.1) is 12.3 Å². The number of terminal acetylenes is 1. The molecule has 0 atom stereocenters. The molecule has 14 heavy (non-hydrogen) atoms. The van der Waals surface area contributed by atoms with Gasteiger partial charge in [-0.2, -0.15) is 0 Å². The van der Waals surface area contributed by atoms with E-state index in [1.54, 1.807) is 13.8 Å². The molecule has 0 saturated heterocycles. The zero-order chi connectivity index (χ0) is 11.0. The van der Waals surface area contributed by atoms with Gasteiger partial charge in [-0.25, -0.2) is 8.42 Å². The van der Waals surface area contributed by atoms with Gasteiger partial charge >= 0.3 is 0 Å². The van der Waals surface area contributed by atoms with Crippen LogP contribution in [0.5, 0.6) is 0 Å². The highest BCUT2D eigenvalue weighted by Crippen LogP contribution is 1.98. The van der Waals surface area contributed by atoms with Crippen molar-refractivity contribution in [2.75, 3.05) is 18.8 Å². The van der Waals surface area contributed by atoms with Gasteiger partial charge in [0.2, 0.25) is 0 Å². The van der Waals surface area contributed by atoms with Gasteiger partial charge in [-0.3, -0.25) is 0 Å². The van der Waals surface area contributed by atoms with Gasteiger partial charge in [-0.05, 0) is 26.8 Å². The lowest BCUT2D eigenvalue weighted by molar-refractivity contribution is 0.581. The Labute approximate surface area is 87.2 Å². The molecule has 0 aromatic heterocycles. The van der Waals surface area contributed by atoms with Crippen molar-refractivity contribution < 1.29 is 8.42 Å². The first-order valence-electron chi connectivity index (χ1n) is 4.86. The summed E-state index contributed by atoms with van der Waals surface area (Å²) in [5.41, 5.74) is 0. The maximum atomic E-state index is 11.3. The van der Waals surface area contributed by atoms with Gasteiger partial charge in [-0.15, -0.1) is 12.3 Å². The van der Waals surface area contributed by atoms with Crippen LogP contribution in [0.4, 0.5) is 0 Å². The van der Waals surface area contributed by atoms with E-state index in [0.717, 1.165) is 19.4 Å². The molecule has 0 bridgehead atoms. The van der Waals surface area contributed by atoms with Crippen LogP contribution in [0.2, 0.25) is 0 Å². The molecule has 82 valence electrons. The average Bonchev–Trinajstić information content (AvgIpc) is 2.10. The molecule has 4 heteroatoms. The van der Waals surface area contributed by atoms with E-state index in [-0.39, 0.29) is 11.0 Å².